The van der Waals surface area contributed by atoms with Gasteiger partial charge in [0, 0.05) is 13.1 Å². The lowest BCUT2D eigenvalue weighted by Crippen LogP contribution is -2.38. The summed E-state index contributed by atoms with van der Waals surface area (Å²) >= 11 is 0. The summed E-state index contributed by atoms with van der Waals surface area (Å²) < 4.78 is 17.5. The largest absolute Gasteiger partial charge is 0.361 e. The van der Waals surface area contributed by atoms with Crippen LogP contribution >= 0.6 is 0 Å². The van der Waals surface area contributed by atoms with Gasteiger partial charge in [0.1, 0.15) is 12.9 Å². The van der Waals surface area contributed by atoms with Crippen LogP contribution in [-0.4, -0.2) is 37.5 Å². The minimum atomic E-state index is -0.379. The molecular weight excluding hydrogens is 205 g/mol. The van der Waals surface area contributed by atoms with E-state index in [2.05, 4.69) is 11.8 Å². The third kappa shape index (κ3) is 4.79. The van der Waals surface area contributed by atoms with Crippen molar-refractivity contribution >= 4 is 0 Å². The fourth-order valence-electron chi connectivity index (χ4n) is 2.51. The Morgan fingerprint density at radius 3 is 2.44 bits per heavy atom. The fraction of sp³-hybridized carbons (Fsp3) is 1.00. The molecule has 1 unspecified atom stereocenters. The van der Waals surface area contributed by atoms with Gasteiger partial charge in [-0.3, -0.25) is 4.90 Å². The summed E-state index contributed by atoms with van der Waals surface area (Å²) in [5, 5.41) is 0. The number of ether oxygens (including phenoxy) is 1. The van der Waals surface area contributed by atoms with Crippen molar-refractivity contribution in [2.24, 2.45) is 5.92 Å². The van der Waals surface area contributed by atoms with Crippen LogP contribution in [0.15, 0.2) is 0 Å². The fourth-order valence-corrected chi connectivity index (χ4v) is 2.51. The predicted octanol–water partition coefficient (Wildman–Crippen LogP) is 3.22. The topological polar surface area (TPSA) is 12.5 Å². The Labute approximate surface area is 99.2 Å². The molecule has 1 fully saturated rings. The average molecular weight is 231 g/mol. The molecule has 0 radical (unpaired) electrons. The first kappa shape index (κ1) is 13.9. The molecule has 0 aromatic heterocycles. The summed E-state index contributed by atoms with van der Waals surface area (Å²) in [4.78, 5) is 2.35. The summed E-state index contributed by atoms with van der Waals surface area (Å²) in [5.41, 5.74) is 0. The second-order valence-corrected chi connectivity index (χ2v) is 4.75. The van der Waals surface area contributed by atoms with Crippen LogP contribution in [0.25, 0.3) is 0 Å². The maximum Gasteiger partial charge on any atom is 0.113 e. The number of halogens is 1. The molecule has 0 aliphatic carbocycles. The number of rotatable bonds is 5. The van der Waals surface area contributed by atoms with E-state index in [9.17, 15) is 4.39 Å². The van der Waals surface area contributed by atoms with Gasteiger partial charge < -0.3 is 4.74 Å². The Kier molecular flexibility index (Phi) is 6.97. The summed E-state index contributed by atoms with van der Waals surface area (Å²) in [6.07, 6.45) is 6.57. The van der Waals surface area contributed by atoms with E-state index in [1.807, 2.05) is 6.92 Å². The lowest BCUT2D eigenvalue weighted by atomic mass is 9.93. The van der Waals surface area contributed by atoms with Crippen LogP contribution in [0.5, 0.6) is 0 Å². The van der Waals surface area contributed by atoms with Crippen LogP contribution in [0.4, 0.5) is 4.39 Å². The van der Waals surface area contributed by atoms with Crippen molar-refractivity contribution < 1.29 is 9.13 Å². The highest BCUT2D eigenvalue weighted by Crippen LogP contribution is 2.21. The Balaban J connectivity index is 2.28. The Bertz CT molecular complexity index is 167. The lowest BCUT2D eigenvalue weighted by molar-refractivity contribution is -0.0551. The predicted molar refractivity (Wildman–Crippen MR) is 65.2 cm³/mol. The number of hydrogen-bond donors (Lipinski definition) is 0. The molecule has 0 aromatic carbocycles. The molecule has 0 bridgehead atoms. The first-order valence-electron chi connectivity index (χ1n) is 6.69. The first-order chi connectivity index (χ1) is 7.77. The number of nitrogens with zero attached hydrogens (tertiary/aromatic N) is 1. The molecule has 0 spiro atoms. The molecule has 1 heterocycles. The highest BCUT2D eigenvalue weighted by atomic mass is 19.1. The molecular formula is C13H26FNO. The normalized spacial score (nSPS) is 22.7. The Hall–Kier alpha value is -0.150. The van der Waals surface area contributed by atoms with Gasteiger partial charge in [0.05, 0.1) is 6.61 Å². The molecule has 2 nitrogen and oxygen atoms in total. The van der Waals surface area contributed by atoms with Crippen molar-refractivity contribution in [2.45, 2.75) is 52.2 Å². The quantitative estimate of drug-likeness (QED) is 0.720. The van der Waals surface area contributed by atoms with Gasteiger partial charge in [-0.2, -0.15) is 0 Å². The summed E-state index contributed by atoms with van der Waals surface area (Å²) in [6.45, 7) is 6.38. The van der Waals surface area contributed by atoms with E-state index in [0.717, 1.165) is 19.0 Å². The van der Waals surface area contributed by atoms with E-state index in [1.54, 1.807) is 0 Å². The van der Waals surface area contributed by atoms with E-state index in [0.29, 0.717) is 0 Å². The monoisotopic (exact) mass is 231 g/mol. The molecule has 1 saturated heterocycles. The van der Waals surface area contributed by atoms with Crippen LogP contribution in [0.1, 0.15) is 46.0 Å². The highest BCUT2D eigenvalue weighted by Gasteiger charge is 2.18. The standard InChI is InChI=1S/C13H26FNO/c1-3-13-6-4-9-15(10-5-7-13)12(2)16-11-8-14/h12-13H,3-11H2,1-2H3. The van der Waals surface area contributed by atoms with Gasteiger partial charge in [0.2, 0.25) is 0 Å². The molecule has 0 aromatic rings. The number of alkyl halides is 1. The molecule has 1 rings (SSSR count). The Morgan fingerprint density at radius 2 is 1.94 bits per heavy atom. The first-order valence-corrected chi connectivity index (χ1v) is 6.69. The molecule has 1 atom stereocenters. The van der Waals surface area contributed by atoms with Crippen molar-refractivity contribution in [3.05, 3.63) is 0 Å². The van der Waals surface area contributed by atoms with Crippen molar-refractivity contribution in [2.75, 3.05) is 26.4 Å². The molecule has 0 amide bonds. The zero-order chi connectivity index (χ0) is 11.8. The van der Waals surface area contributed by atoms with Crippen LogP contribution in [0.3, 0.4) is 0 Å². The molecule has 96 valence electrons. The van der Waals surface area contributed by atoms with Crippen LogP contribution in [-0.2, 0) is 4.74 Å². The van der Waals surface area contributed by atoms with E-state index in [-0.39, 0.29) is 19.5 Å². The second kappa shape index (κ2) is 8.02. The third-order valence-electron chi connectivity index (χ3n) is 3.64. The zero-order valence-electron chi connectivity index (χ0n) is 10.8. The van der Waals surface area contributed by atoms with Gasteiger partial charge in [-0.25, -0.2) is 4.39 Å². The average Bonchev–Trinajstić information content (AvgIpc) is 2.26. The van der Waals surface area contributed by atoms with Gasteiger partial charge in [-0.1, -0.05) is 13.3 Å². The van der Waals surface area contributed by atoms with Crippen LogP contribution < -0.4 is 0 Å². The summed E-state index contributed by atoms with van der Waals surface area (Å²) in [6, 6.07) is 0. The maximum atomic E-state index is 12.0. The minimum Gasteiger partial charge on any atom is -0.361 e. The van der Waals surface area contributed by atoms with Gasteiger partial charge in [0.25, 0.3) is 0 Å². The van der Waals surface area contributed by atoms with Gasteiger partial charge in [-0.15, -0.1) is 0 Å². The third-order valence-corrected chi connectivity index (χ3v) is 3.64. The van der Waals surface area contributed by atoms with Crippen LogP contribution in [0, 0.1) is 5.92 Å². The van der Waals surface area contributed by atoms with E-state index >= 15 is 0 Å². The van der Waals surface area contributed by atoms with Gasteiger partial charge in [0.15, 0.2) is 0 Å². The molecule has 16 heavy (non-hydrogen) atoms. The van der Waals surface area contributed by atoms with Crippen molar-refractivity contribution in [3.8, 4) is 0 Å². The lowest BCUT2D eigenvalue weighted by Gasteiger charge is -2.31. The van der Waals surface area contributed by atoms with Gasteiger partial charge >= 0.3 is 0 Å². The number of likely N-dealkylation sites (tertiary alicyclic amines) is 1. The minimum absolute atomic E-state index is 0.0777. The van der Waals surface area contributed by atoms with Crippen LogP contribution in [0.2, 0.25) is 0 Å². The van der Waals surface area contributed by atoms with Crippen molar-refractivity contribution in [1.82, 2.24) is 4.90 Å². The number of hydrogen-bond acceptors (Lipinski definition) is 2. The maximum absolute atomic E-state index is 12.0. The molecule has 0 saturated carbocycles. The Morgan fingerprint density at radius 1 is 1.31 bits per heavy atom. The molecule has 1 aliphatic rings. The SMILES string of the molecule is CCC1CCCN(C(C)OCCF)CCC1. The van der Waals surface area contributed by atoms with Gasteiger partial charge in [-0.05, 0) is 38.5 Å². The summed E-state index contributed by atoms with van der Waals surface area (Å²) in [5.74, 6) is 0.921. The van der Waals surface area contributed by atoms with E-state index in [1.165, 1.54) is 32.1 Å². The molecule has 1 aliphatic heterocycles. The van der Waals surface area contributed by atoms with E-state index in [4.69, 9.17) is 4.74 Å². The zero-order valence-corrected chi connectivity index (χ0v) is 10.8. The molecule has 0 N–H and O–H groups in total. The van der Waals surface area contributed by atoms with E-state index < -0.39 is 0 Å². The highest BCUT2D eigenvalue weighted by molar-refractivity contribution is 4.68. The summed E-state index contributed by atoms with van der Waals surface area (Å²) in [7, 11) is 0. The molecule has 3 heteroatoms. The smallest absolute Gasteiger partial charge is 0.113 e. The van der Waals surface area contributed by atoms with Crippen molar-refractivity contribution in [1.29, 1.82) is 0 Å². The van der Waals surface area contributed by atoms with Crippen molar-refractivity contribution in [3.63, 3.8) is 0 Å². The second-order valence-electron chi connectivity index (χ2n) is 4.75.